The lowest BCUT2D eigenvalue weighted by atomic mass is 9.99. The number of fused-ring (bicyclic) bond motifs is 1. The Hall–Kier alpha value is -1.80. The molecule has 1 atom stereocenters. The molecule has 8 heteroatoms. The van der Waals surface area contributed by atoms with Crippen molar-refractivity contribution < 1.29 is 23.1 Å². The third-order valence-corrected chi connectivity index (χ3v) is 3.53. The molecule has 1 aromatic carbocycles. The van der Waals surface area contributed by atoms with Gasteiger partial charge in [0.25, 0.3) is 10.0 Å². The Kier molecular flexibility index (Phi) is 3.14. The van der Waals surface area contributed by atoms with Gasteiger partial charge in [0.2, 0.25) is 5.94 Å². The number of sulfonamides is 1. The fourth-order valence-corrected chi connectivity index (χ4v) is 2.52. The molecule has 0 aromatic heterocycles. The number of hydrogen-bond acceptors (Lipinski definition) is 5. The lowest BCUT2D eigenvalue weighted by Gasteiger charge is -2.21. The van der Waals surface area contributed by atoms with Crippen LogP contribution in [0.1, 0.15) is 11.5 Å². The summed E-state index contributed by atoms with van der Waals surface area (Å²) in [5, 5.41) is 8.98. The Bertz CT molecular complexity index is 584. The van der Waals surface area contributed by atoms with E-state index in [-0.39, 0.29) is 12.2 Å². The van der Waals surface area contributed by atoms with E-state index in [2.05, 4.69) is 4.72 Å². The van der Waals surface area contributed by atoms with Gasteiger partial charge in [-0.05, 0) is 17.7 Å². The van der Waals surface area contributed by atoms with Gasteiger partial charge in [-0.2, -0.15) is 0 Å². The van der Waals surface area contributed by atoms with E-state index in [9.17, 15) is 13.2 Å². The maximum absolute atomic E-state index is 11.3. The SMILES string of the molecule is NCC(C(=O)O)c1ccc2c(c1)NS(=O)(=O)CO2. The van der Waals surface area contributed by atoms with Gasteiger partial charge in [-0.15, -0.1) is 0 Å². The van der Waals surface area contributed by atoms with Crippen LogP contribution in [-0.2, 0) is 14.8 Å². The summed E-state index contributed by atoms with van der Waals surface area (Å²) in [5.41, 5.74) is 6.05. The monoisotopic (exact) mass is 272 g/mol. The van der Waals surface area contributed by atoms with Gasteiger partial charge >= 0.3 is 5.97 Å². The third kappa shape index (κ3) is 2.39. The first kappa shape index (κ1) is 12.7. The summed E-state index contributed by atoms with van der Waals surface area (Å²) in [5.74, 6) is -2.01. The highest BCUT2D eigenvalue weighted by molar-refractivity contribution is 7.92. The van der Waals surface area contributed by atoms with Crippen LogP contribution in [0.5, 0.6) is 5.75 Å². The standard InChI is InChI=1S/C10H12N2O5S/c11-4-7(10(13)14)6-1-2-9-8(3-6)12-18(15,16)5-17-9/h1-3,7,12H,4-5,11H2,(H,13,14). The van der Waals surface area contributed by atoms with Crippen molar-refractivity contribution in [2.24, 2.45) is 5.73 Å². The number of carbonyl (C=O) groups is 1. The van der Waals surface area contributed by atoms with Gasteiger partial charge in [0.05, 0.1) is 11.6 Å². The second kappa shape index (κ2) is 4.46. The highest BCUT2D eigenvalue weighted by Gasteiger charge is 2.24. The molecule has 1 aromatic rings. The van der Waals surface area contributed by atoms with E-state index >= 15 is 0 Å². The first-order valence-corrected chi connectivity index (χ1v) is 6.78. The zero-order valence-corrected chi connectivity index (χ0v) is 10.1. The lowest BCUT2D eigenvalue weighted by Crippen LogP contribution is -2.26. The minimum atomic E-state index is -3.52. The van der Waals surface area contributed by atoms with Crippen LogP contribution in [0.4, 0.5) is 5.69 Å². The number of anilines is 1. The Labute approximate surface area is 104 Å². The summed E-state index contributed by atoms with van der Waals surface area (Å²) in [7, 11) is -3.52. The molecule has 0 saturated carbocycles. The van der Waals surface area contributed by atoms with Crippen molar-refractivity contribution >= 4 is 21.7 Å². The summed E-state index contributed by atoms with van der Waals surface area (Å²) in [4.78, 5) is 11.0. The summed E-state index contributed by atoms with van der Waals surface area (Å²) in [6.07, 6.45) is 0. The van der Waals surface area contributed by atoms with Gasteiger partial charge in [0, 0.05) is 6.54 Å². The second-order valence-electron chi connectivity index (χ2n) is 3.86. The second-order valence-corrected chi connectivity index (χ2v) is 5.53. The Morgan fingerprint density at radius 3 is 2.89 bits per heavy atom. The van der Waals surface area contributed by atoms with Crippen LogP contribution in [0.2, 0.25) is 0 Å². The number of ether oxygens (including phenoxy) is 1. The van der Waals surface area contributed by atoms with Crippen molar-refractivity contribution in [3.8, 4) is 5.75 Å². The Morgan fingerprint density at radius 1 is 1.56 bits per heavy atom. The molecule has 0 saturated heterocycles. The van der Waals surface area contributed by atoms with Gasteiger partial charge in [-0.3, -0.25) is 9.52 Å². The summed E-state index contributed by atoms with van der Waals surface area (Å²) < 4.78 is 30.0. The molecule has 1 heterocycles. The van der Waals surface area contributed by atoms with Gasteiger partial charge in [0.1, 0.15) is 5.75 Å². The van der Waals surface area contributed by atoms with E-state index in [1.165, 1.54) is 12.1 Å². The number of carboxylic acids is 1. The van der Waals surface area contributed by atoms with Crippen LogP contribution in [-0.4, -0.2) is 32.0 Å². The normalized spacial score (nSPS) is 18.1. The van der Waals surface area contributed by atoms with Crippen LogP contribution >= 0.6 is 0 Å². The van der Waals surface area contributed by atoms with Crippen molar-refractivity contribution in [3.63, 3.8) is 0 Å². The van der Waals surface area contributed by atoms with E-state index in [0.29, 0.717) is 11.3 Å². The number of carboxylic acid groups (broad SMARTS) is 1. The molecule has 1 unspecified atom stereocenters. The summed E-state index contributed by atoms with van der Waals surface area (Å²) in [6, 6.07) is 4.51. The van der Waals surface area contributed by atoms with E-state index in [1.54, 1.807) is 6.07 Å². The summed E-state index contributed by atoms with van der Waals surface area (Å²) in [6.45, 7) is -0.0677. The zero-order valence-electron chi connectivity index (χ0n) is 9.29. The fraction of sp³-hybridized carbons (Fsp3) is 0.300. The number of benzene rings is 1. The highest BCUT2D eigenvalue weighted by atomic mass is 32.2. The number of rotatable bonds is 3. The topological polar surface area (TPSA) is 119 Å². The summed E-state index contributed by atoms with van der Waals surface area (Å²) >= 11 is 0. The maximum atomic E-state index is 11.3. The molecule has 0 fully saturated rings. The average molecular weight is 272 g/mol. The third-order valence-electron chi connectivity index (χ3n) is 2.57. The van der Waals surface area contributed by atoms with Crippen LogP contribution in [0, 0.1) is 0 Å². The van der Waals surface area contributed by atoms with E-state index in [0.717, 1.165) is 0 Å². The van der Waals surface area contributed by atoms with Crippen molar-refractivity contribution in [2.75, 3.05) is 17.2 Å². The quantitative estimate of drug-likeness (QED) is 0.707. The number of aliphatic carboxylic acids is 1. The smallest absolute Gasteiger partial charge is 0.312 e. The van der Waals surface area contributed by atoms with E-state index < -0.39 is 27.8 Å². The van der Waals surface area contributed by atoms with Crippen LogP contribution in [0.15, 0.2) is 18.2 Å². The van der Waals surface area contributed by atoms with Gasteiger partial charge in [0.15, 0.2) is 0 Å². The predicted molar refractivity (Wildman–Crippen MR) is 63.9 cm³/mol. The molecular weight excluding hydrogens is 260 g/mol. The van der Waals surface area contributed by atoms with Crippen molar-refractivity contribution in [2.45, 2.75) is 5.92 Å². The molecule has 1 aliphatic heterocycles. The van der Waals surface area contributed by atoms with Crippen molar-refractivity contribution in [1.82, 2.24) is 0 Å². The molecule has 1 aliphatic rings. The van der Waals surface area contributed by atoms with Gasteiger partial charge in [-0.25, -0.2) is 8.42 Å². The molecule has 0 amide bonds. The first-order valence-electron chi connectivity index (χ1n) is 5.13. The van der Waals surface area contributed by atoms with Gasteiger partial charge in [-0.1, -0.05) is 6.07 Å². The fourth-order valence-electron chi connectivity index (χ4n) is 1.69. The predicted octanol–water partition coefficient (Wildman–Crippen LogP) is -0.0949. The molecule has 18 heavy (non-hydrogen) atoms. The van der Waals surface area contributed by atoms with Crippen LogP contribution in [0.3, 0.4) is 0 Å². The number of nitrogens with one attached hydrogen (secondary N) is 1. The molecule has 98 valence electrons. The molecule has 0 aliphatic carbocycles. The molecule has 0 bridgehead atoms. The largest absolute Gasteiger partial charge is 0.481 e. The van der Waals surface area contributed by atoms with Crippen molar-refractivity contribution in [1.29, 1.82) is 0 Å². The number of nitrogens with two attached hydrogens (primary N) is 1. The lowest BCUT2D eigenvalue weighted by molar-refractivity contribution is -0.138. The minimum absolute atomic E-state index is 0.0677. The van der Waals surface area contributed by atoms with Gasteiger partial charge < -0.3 is 15.6 Å². The molecule has 0 radical (unpaired) electrons. The zero-order chi connectivity index (χ0) is 13.3. The molecule has 7 nitrogen and oxygen atoms in total. The molecule has 4 N–H and O–H groups in total. The molecular formula is C10H12N2O5S. The van der Waals surface area contributed by atoms with Crippen molar-refractivity contribution in [3.05, 3.63) is 23.8 Å². The van der Waals surface area contributed by atoms with Crippen LogP contribution < -0.4 is 15.2 Å². The highest BCUT2D eigenvalue weighted by Crippen LogP contribution is 2.32. The minimum Gasteiger partial charge on any atom is -0.481 e. The van der Waals surface area contributed by atoms with E-state index in [4.69, 9.17) is 15.6 Å². The van der Waals surface area contributed by atoms with Crippen LogP contribution in [0.25, 0.3) is 0 Å². The Morgan fingerprint density at radius 2 is 2.28 bits per heavy atom. The first-order chi connectivity index (χ1) is 8.43. The number of hydrogen-bond donors (Lipinski definition) is 3. The van der Waals surface area contributed by atoms with E-state index in [1.807, 2.05) is 0 Å². The Balaban J connectivity index is 2.40. The maximum Gasteiger partial charge on any atom is 0.312 e. The average Bonchev–Trinajstić information content (AvgIpc) is 2.27. The molecule has 2 rings (SSSR count). The molecule has 0 spiro atoms.